The van der Waals surface area contributed by atoms with Crippen molar-refractivity contribution in [3.8, 4) is 5.75 Å². The summed E-state index contributed by atoms with van der Waals surface area (Å²) in [5.41, 5.74) is 3.91. The molecule has 4 rings (SSSR count). The van der Waals surface area contributed by atoms with Crippen molar-refractivity contribution < 1.29 is 14.3 Å². The number of rotatable bonds is 10. The molecule has 0 atom stereocenters. The summed E-state index contributed by atoms with van der Waals surface area (Å²) in [6, 6.07) is 34.1. The number of hydrogen-bond acceptors (Lipinski definition) is 4. The lowest BCUT2D eigenvalue weighted by Crippen LogP contribution is -2.26. The molecule has 0 aliphatic carbocycles. The number of ether oxygens (including phenoxy) is 1. The number of amides is 2. The molecule has 0 saturated carbocycles. The number of hydrogen-bond donors (Lipinski definition) is 2. The summed E-state index contributed by atoms with van der Waals surface area (Å²) in [5, 5.41) is 5.97. The van der Waals surface area contributed by atoms with Crippen LogP contribution in [0.3, 0.4) is 0 Å². The number of nitrogens with one attached hydrogen (secondary N) is 2. The third kappa shape index (κ3) is 6.96. The highest BCUT2D eigenvalue weighted by atomic mass is 16.5. The van der Waals surface area contributed by atoms with Gasteiger partial charge in [-0.2, -0.15) is 0 Å². The quantitative estimate of drug-likeness (QED) is 0.309. The van der Waals surface area contributed by atoms with Crippen molar-refractivity contribution in [3.63, 3.8) is 0 Å². The summed E-state index contributed by atoms with van der Waals surface area (Å²) in [6.45, 7) is 0.614. The molecule has 2 N–H and O–H groups in total. The second-order valence-corrected chi connectivity index (χ2v) is 8.29. The summed E-state index contributed by atoms with van der Waals surface area (Å²) in [6.07, 6.45) is 0.810. The molecule has 0 fully saturated rings. The molecule has 182 valence electrons. The van der Waals surface area contributed by atoms with E-state index in [4.69, 9.17) is 4.74 Å². The fraction of sp³-hybridized carbons (Fsp3) is 0.133. The maximum absolute atomic E-state index is 12.9. The predicted octanol–water partition coefficient (Wildman–Crippen LogP) is 5.64. The lowest BCUT2D eigenvalue weighted by molar-refractivity contribution is -0.114. The molecule has 6 heteroatoms. The largest absolute Gasteiger partial charge is 0.493 e. The van der Waals surface area contributed by atoms with Crippen LogP contribution in [0.5, 0.6) is 5.75 Å². The van der Waals surface area contributed by atoms with Crippen LogP contribution in [-0.4, -0.2) is 32.0 Å². The Balaban J connectivity index is 1.28. The number of anilines is 3. The molecule has 0 unspecified atom stereocenters. The van der Waals surface area contributed by atoms with Crippen molar-refractivity contribution in [2.24, 2.45) is 0 Å². The van der Waals surface area contributed by atoms with E-state index in [1.807, 2.05) is 78.9 Å². The Labute approximate surface area is 211 Å². The zero-order chi connectivity index (χ0) is 25.2. The van der Waals surface area contributed by atoms with E-state index in [1.165, 1.54) is 5.56 Å². The van der Waals surface area contributed by atoms with Gasteiger partial charge in [0.2, 0.25) is 5.91 Å². The summed E-state index contributed by atoms with van der Waals surface area (Å²) < 4.78 is 5.85. The van der Waals surface area contributed by atoms with Crippen LogP contribution in [0.25, 0.3) is 0 Å². The Bertz CT molecular complexity index is 1290. The lowest BCUT2D eigenvalue weighted by Gasteiger charge is -2.18. The maximum Gasteiger partial charge on any atom is 0.258 e. The fourth-order valence-corrected chi connectivity index (χ4v) is 3.71. The Morgan fingerprint density at radius 2 is 1.47 bits per heavy atom. The van der Waals surface area contributed by atoms with E-state index in [-0.39, 0.29) is 18.4 Å². The van der Waals surface area contributed by atoms with Gasteiger partial charge >= 0.3 is 0 Å². The number of carbonyl (C=O) groups excluding carboxylic acids is 2. The Kier molecular flexibility index (Phi) is 8.33. The van der Waals surface area contributed by atoms with Gasteiger partial charge in [-0.3, -0.25) is 9.59 Å². The molecular weight excluding hydrogens is 450 g/mol. The number of nitrogens with zero attached hydrogens (tertiary/aromatic N) is 1. The van der Waals surface area contributed by atoms with Crippen LogP contribution in [0.2, 0.25) is 0 Å². The first-order chi connectivity index (χ1) is 17.6. The predicted molar refractivity (Wildman–Crippen MR) is 145 cm³/mol. The van der Waals surface area contributed by atoms with Crippen molar-refractivity contribution in [2.45, 2.75) is 6.42 Å². The van der Waals surface area contributed by atoms with Crippen LogP contribution in [0.15, 0.2) is 109 Å². The summed E-state index contributed by atoms with van der Waals surface area (Å²) in [5.74, 6) is 0.374. The van der Waals surface area contributed by atoms with E-state index in [2.05, 4.69) is 22.8 Å². The van der Waals surface area contributed by atoms with Crippen molar-refractivity contribution in [2.75, 3.05) is 35.7 Å². The van der Waals surface area contributed by atoms with Gasteiger partial charge in [-0.05, 0) is 48.0 Å². The van der Waals surface area contributed by atoms with Crippen LogP contribution in [0.4, 0.5) is 17.1 Å². The molecule has 0 aromatic heterocycles. The van der Waals surface area contributed by atoms with E-state index >= 15 is 0 Å². The molecule has 2 amide bonds. The van der Waals surface area contributed by atoms with Crippen LogP contribution in [0, 0.1) is 0 Å². The van der Waals surface area contributed by atoms with E-state index in [9.17, 15) is 9.59 Å². The minimum atomic E-state index is -0.199. The number of benzene rings is 4. The SMILES string of the molecule is CN(C(=O)c1cccc(NCC(=O)Nc2cccc(OCCc3ccccc3)c2)c1)c1ccccc1. The minimum Gasteiger partial charge on any atom is -0.493 e. The van der Waals surface area contributed by atoms with Gasteiger partial charge in [-0.15, -0.1) is 0 Å². The Morgan fingerprint density at radius 3 is 2.25 bits per heavy atom. The molecule has 0 radical (unpaired) electrons. The van der Waals surface area contributed by atoms with Crippen molar-refractivity contribution in [1.82, 2.24) is 0 Å². The summed E-state index contributed by atoms with van der Waals surface area (Å²) >= 11 is 0. The molecular formula is C30H29N3O3. The Hall–Kier alpha value is -4.58. The highest BCUT2D eigenvalue weighted by molar-refractivity contribution is 6.06. The molecule has 0 saturated heterocycles. The van der Waals surface area contributed by atoms with Crippen LogP contribution in [-0.2, 0) is 11.2 Å². The van der Waals surface area contributed by atoms with Gasteiger partial charge in [-0.25, -0.2) is 0 Å². The number of para-hydroxylation sites is 1. The molecule has 6 nitrogen and oxygen atoms in total. The van der Waals surface area contributed by atoms with Gasteiger partial charge in [0.25, 0.3) is 5.91 Å². The van der Waals surface area contributed by atoms with Gasteiger partial charge < -0.3 is 20.3 Å². The topological polar surface area (TPSA) is 70.7 Å². The first kappa shape index (κ1) is 24.5. The van der Waals surface area contributed by atoms with Crippen molar-refractivity contribution in [3.05, 3.63) is 120 Å². The average molecular weight is 480 g/mol. The van der Waals surface area contributed by atoms with Crippen LogP contribution in [0.1, 0.15) is 15.9 Å². The molecule has 0 heterocycles. The second kappa shape index (κ2) is 12.2. The van der Waals surface area contributed by atoms with Crippen molar-refractivity contribution >= 4 is 28.9 Å². The third-order valence-corrected chi connectivity index (χ3v) is 5.63. The molecule has 0 aliphatic rings. The highest BCUT2D eigenvalue weighted by Gasteiger charge is 2.14. The zero-order valence-electron chi connectivity index (χ0n) is 20.2. The number of carbonyl (C=O) groups is 2. The second-order valence-electron chi connectivity index (χ2n) is 8.29. The smallest absolute Gasteiger partial charge is 0.258 e. The standard InChI is InChI=1S/C30H29N3O3/c1-33(27-15-6-3-7-16-27)30(35)24-12-8-13-25(20-24)31-22-29(34)32-26-14-9-17-28(21-26)36-19-18-23-10-4-2-5-11-23/h2-17,20-21,31H,18-19,22H2,1H3,(H,32,34). The molecule has 0 bridgehead atoms. The van der Waals surface area contributed by atoms with Gasteiger partial charge in [0.15, 0.2) is 0 Å². The molecule has 4 aromatic rings. The van der Waals surface area contributed by atoms with Gasteiger partial charge in [0.05, 0.1) is 13.2 Å². The first-order valence-electron chi connectivity index (χ1n) is 11.8. The third-order valence-electron chi connectivity index (χ3n) is 5.63. The van der Waals surface area contributed by atoms with E-state index in [0.717, 1.165) is 12.1 Å². The van der Waals surface area contributed by atoms with Gasteiger partial charge in [0, 0.05) is 42.2 Å². The molecule has 0 spiro atoms. The van der Waals surface area contributed by atoms with E-state index in [1.54, 1.807) is 30.1 Å². The van der Waals surface area contributed by atoms with Gasteiger partial charge in [-0.1, -0.05) is 60.7 Å². The highest BCUT2D eigenvalue weighted by Crippen LogP contribution is 2.19. The first-order valence-corrected chi connectivity index (χ1v) is 11.8. The molecule has 0 aliphatic heterocycles. The molecule has 4 aromatic carbocycles. The minimum absolute atomic E-state index is 0.0608. The van der Waals surface area contributed by atoms with Crippen LogP contribution >= 0.6 is 0 Å². The normalized spacial score (nSPS) is 10.4. The Morgan fingerprint density at radius 1 is 0.778 bits per heavy atom. The van der Waals surface area contributed by atoms with Gasteiger partial charge in [0.1, 0.15) is 5.75 Å². The lowest BCUT2D eigenvalue weighted by atomic mass is 10.1. The zero-order valence-corrected chi connectivity index (χ0v) is 20.2. The maximum atomic E-state index is 12.9. The molecule has 36 heavy (non-hydrogen) atoms. The van der Waals surface area contributed by atoms with E-state index < -0.39 is 0 Å². The van der Waals surface area contributed by atoms with E-state index in [0.29, 0.717) is 29.3 Å². The monoisotopic (exact) mass is 479 g/mol. The fourth-order valence-electron chi connectivity index (χ4n) is 3.71. The van der Waals surface area contributed by atoms with Crippen LogP contribution < -0.4 is 20.3 Å². The summed E-state index contributed by atoms with van der Waals surface area (Å²) in [4.78, 5) is 27.0. The average Bonchev–Trinajstić information content (AvgIpc) is 2.92. The van der Waals surface area contributed by atoms with Crippen molar-refractivity contribution in [1.29, 1.82) is 0 Å². The summed E-state index contributed by atoms with van der Waals surface area (Å²) in [7, 11) is 1.74.